The number of benzene rings is 1. The van der Waals surface area contributed by atoms with E-state index in [1.54, 1.807) is 12.1 Å². The maximum absolute atomic E-state index is 11.7. The van der Waals surface area contributed by atoms with E-state index >= 15 is 0 Å². The molecule has 0 aliphatic carbocycles. The van der Waals surface area contributed by atoms with Crippen molar-refractivity contribution in [2.75, 3.05) is 25.1 Å². The highest BCUT2D eigenvalue weighted by atomic mass is 79.9. The maximum Gasteiger partial charge on any atom is 0.310 e. The fourth-order valence-electron chi connectivity index (χ4n) is 2.53. The van der Waals surface area contributed by atoms with Gasteiger partial charge in [0, 0.05) is 23.6 Å². The molecule has 2 rings (SSSR count). The Morgan fingerprint density at radius 1 is 1.50 bits per heavy atom. The molecule has 0 bridgehead atoms. The zero-order chi connectivity index (χ0) is 14.9. The zero-order valence-corrected chi connectivity index (χ0v) is 12.8. The molecule has 6 nitrogen and oxygen atoms in total. The van der Waals surface area contributed by atoms with Crippen LogP contribution in [0.3, 0.4) is 0 Å². The van der Waals surface area contributed by atoms with E-state index in [2.05, 4.69) is 15.9 Å². The minimum atomic E-state index is -0.405. The molecule has 0 N–H and O–H groups in total. The predicted molar refractivity (Wildman–Crippen MR) is 77.7 cm³/mol. The van der Waals surface area contributed by atoms with Gasteiger partial charge in [-0.25, -0.2) is 0 Å². The number of nitro benzene ring substituents is 1. The number of ether oxygens (including phenoxy) is 1. The Labute approximate surface area is 125 Å². The molecule has 20 heavy (non-hydrogen) atoms. The average Bonchev–Trinajstić information content (AvgIpc) is 2.79. The Hall–Kier alpha value is -1.63. The normalized spacial score (nSPS) is 21.9. The van der Waals surface area contributed by atoms with Gasteiger partial charge >= 0.3 is 5.97 Å². The van der Waals surface area contributed by atoms with Gasteiger partial charge in [-0.3, -0.25) is 14.9 Å². The summed E-state index contributed by atoms with van der Waals surface area (Å²) in [6, 6.07) is 4.82. The van der Waals surface area contributed by atoms with Crippen LogP contribution < -0.4 is 4.90 Å². The van der Waals surface area contributed by atoms with Gasteiger partial charge in [0.25, 0.3) is 5.69 Å². The summed E-state index contributed by atoms with van der Waals surface area (Å²) in [7, 11) is 1.36. The number of nitro groups is 1. The number of hydrogen-bond donors (Lipinski definition) is 0. The van der Waals surface area contributed by atoms with Crippen molar-refractivity contribution >= 4 is 33.3 Å². The molecular formula is C13H15BrN2O4. The van der Waals surface area contributed by atoms with E-state index in [-0.39, 0.29) is 23.5 Å². The Morgan fingerprint density at radius 3 is 2.80 bits per heavy atom. The van der Waals surface area contributed by atoms with Gasteiger partial charge in [0.2, 0.25) is 0 Å². The molecule has 1 heterocycles. The summed E-state index contributed by atoms with van der Waals surface area (Å²) in [5.74, 6) is -0.419. The molecule has 1 aliphatic heterocycles. The van der Waals surface area contributed by atoms with Crippen LogP contribution in [0.2, 0.25) is 0 Å². The number of nitrogens with zero attached hydrogens (tertiary/aromatic N) is 2. The summed E-state index contributed by atoms with van der Waals surface area (Å²) in [5, 5.41) is 11.1. The number of rotatable bonds is 3. The summed E-state index contributed by atoms with van der Waals surface area (Å²) < 4.78 is 5.55. The smallest absolute Gasteiger partial charge is 0.310 e. The standard InChI is InChI=1S/C13H15BrN2O4/c1-8-6-15(7-10(8)13(17)20-2)12-5-9(14)3-4-11(12)16(18)19/h3-5,8,10H,6-7H2,1-2H3. The molecule has 2 atom stereocenters. The Morgan fingerprint density at radius 2 is 2.20 bits per heavy atom. The lowest BCUT2D eigenvalue weighted by molar-refractivity contribution is -0.384. The molecule has 1 fully saturated rings. The second-order valence-electron chi connectivity index (χ2n) is 4.90. The second-order valence-corrected chi connectivity index (χ2v) is 5.82. The maximum atomic E-state index is 11.7. The molecule has 108 valence electrons. The van der Waals surface area contributed by atoms with Crippen molar-refractivity contribution in [1.82, 2.24) is 0 Å². The fraction of sp³-hybridized carbons (Fsp3) is 0.462. The number of hydrogen-bond acceptors (Lipinski definition) is 5. The molecule has 0 aromatic heterocycles. The molecule has 0 amide bonds. The monoisotopic (exact) mass is 342 g/mol. The van der Waals surface area contributed by atoms with Crippen LogP contribution in [-0.4, -0.2) is 31.1 Å². The number of carbonyl (C=O) groups excluding carboxylic acids is 1. The third kappa shape index (κ3) is 2.77. The van der Waals surface area contributed by atoms with Crippen LogP contribution in [0, 0.1) is 22.0 Å². The molecule has 7 heteroatoms. The quantitative estimate of drug-likeness (QED) is 0.479. The molecule has 1 aliphatic rings. The van der Waals surface area contributed by atoms with Gasteiger partial charge in [-0.2, -0.15) is 0 Å². The lowest BCUT2D eigenvalue weighted by Gasteiger charge is -2.18. The van der Waals surface area contributed by atoms with Crippen LogP contribution in [0.15, 0.2) is 22.7 Å². The van der Waals surface area contributed by atoms with Gasteiger partial charge in [-0.1, -0.05) is 22.9 Å². The van der Waals surface area contributed by atoms with E-state index in [1.807, 2.05) is 11.8 Å². The molecule has 1 aromatic carbocycles. The zero-order valence-electron chi connectivity index (χ0n) is 11.2. The Bertz CT molecular complexity index is 549. The number of carbonyl (C=O) groups is 1. The highest BCUT2D eigenvalue weighted by Gasteiger charge is 2.37. The topological polar surface area (TPSA) is 72.7 Å². The number of methoxy groups -OCH3 is 1. The van der Waals surface area contributed by atoms with E-state index < -0.39 is 4.92 Å². The van der Waals surface area contributed by atoms with Crippen molar-refractivity contribution < 1.29 is 14.5 Å². The summed E-state index contributed by atoms with van der Waals surface area (Å²) in [6.07, 6.45) is 0. The van der Waals surface area contributed by atoms with Crippen molar-refractivity contribution in [1.29, 1.82) is 0 Å². The fourth-order valence-corrected chi connectivity index (χ4v) is 2.87. The van der Waals surface area contributed by atoms with Crippen LogP contribution in [-0.2, 0) is 9.53 Å². The second kappa shape index (κ2) is 5.78. The largest absolute Gasteiger partial charge is 0.469 e. The first-order valence-electron chi connectivity index (χ1n) is 6.20. The van der Waals surface area contributed by atoms with Crippen LogP contribution in [0.4, 0.5) is 11.4 Å². The average molecular weight is 343 g/mol. The Kier molecular flexibility index (Phi) is 4.27. The van der Waals surface area contributed by atoms with Gasteiger partial charge in [-0.05, 0) is 18.1 Å². The summed E-state index contributed by atoms with van der Waals surface area (Å²) in [5.41, 5.74) is 0.577. The van der Waals surface area contributed by atoms with Gasteiger partial charge in [0.15, 0.2) is 0 Å². The minimum Gasteiger partial charge on any atom is -0.469 e. The first-order valence-corrected chi connectivity index (χ1v) is 7.00. The summed E-state index contributed by atoms with van der Waals surface area (Å²) in [4.78, 5) is 24.3. The van der Waals surface area contributed by atoms with Crippen molar-refractivity contribution in [3.63, 3.8) is 0 Å². The van der Waals surface area contributed by atoms with E-state index in [0.29, 0.717) is 18.8 Å². The van der Waals surface area contributed by atoms with Crippen molar-refractivity contribution in [3.05, 3.63) is 32.8 Å². The Balaban J connectivity index is 2.31. The van der Waals surface area contributed by atoms with Crippen LogP contribution in [0.1, 0.15) is 6.92 Å². The lowest BCUT2D eigenvalue weighted by Crippen LogP contribution is -2.24. The molecule has 1 saturated heterocycles. The van der Waals surface area contributed by atoms with Gasteiger partial charge in [-0.15, -0.1) is 0 Å². The van der Waals surface area contributed by atoms with E-state index in [0.717, 1.165) is 4.47 Å². The molecular weight excluding hydrogens is 328 g/mol. The molecule has 0 spiro atoms. The first-order chi connectivity index (χ1) is 9.43. The van der Waals surface area contributed by atoms with E-state index in [9.17, 15) is 14.9 Å². The van der Waals surface area contributed by atoms with Gasteiger partial charge in [0.05, 0.1) is 18.0 Å². The first kappa shape index (κ1) is 14.8. The van der Waals surface area contributed by atoms with Crippen LogP contribution in [0.5, 0.6) is 0 Å². The molecule has 1 aromatic rings. The number of esters is 1. The van der Waals surface area contributed by atoms with Crippen molar-refractivity contribution in [3.8, 4) is 0 Å². The lowest BCUT2D eigenvalue weighted by atomic mass is 9.99. The number of anilines is 1. The summed E-state index contributed by atoms with van der Waals surface area (Å²) in [6.45, 7) is 2.98. The van der Waals surface area contributed by atoms with Crippen LogP contribution in [0.25, 0.3) is 0 Å². The SMILES string of the molecule is COC(=O)C1CN(c2cc(Br)ccc2[N+](=O)[O-])CC1C. The highest BCUT2D eigenvalue weighted by Crippen LogP contribution is 2.36. The van der Waals surface area contributed by atoms with Crippen LogP contribution >= 0.6 is 15.9 Å². The molecule has 2 unspecified atom stereocenters. The van der Waals surface area contributed by atoms with Crippen molar-refractivity contribution in [2.24, 2.45) is 11.8 Å². The molecule has 0 saturated carbocycles. The van der Waals surface area contributed by atoms with Gasteiger partial charge in [0.1, 0.15) is 5.69 Å². The van der Waals surface area contributed by atoms with Gasteiger partial charge < -0.3 is 9.64 Å². The minimum absolute atomic E-state index is 0.0471. The summed E-state index contributed by atoms with van der Waals surface area (Å²) >= 11 is 3.32. The van der Waals surface area contributed by atoms with E-state index in [1.165, 1.54) is 13.2 Å². The third-order valence-electron chi connectivity index (χ3n) is 3.59. The highest BCUT2D eigenvalue weighted by molar-refractivity contribution is 9.10. The van der Waals surface area contributed by atoms with Crippen molar-refractivity contribution in [2.45, 2.75) is 6.92 Å². The number of halogens is 1. The third-order valence-corrected chi connectivity index (χ3v) is 4.08. The predicted octanol–water partition coefficient (Wildman–Crippen LogP) is 2.60. The van der Waals surface area contributed by atoms with E-state index in [4.69, 9.17) is 4.74 Å². The molecule has 0 radical (unpaired) electrons.